The summed E-state index contributed by atoms with van der Waals surface area (Å²) in [6.45, 7) is 4.40. The van der Waals surface area contributed by atoms with Gasteiger partial charge in [0, 0.05) is 6.42 Å². The Hall–Kier alpha value is -0.610. The summed E-state index contributed by atoms with van der Waals surface area (Å²) in [5.74, 6) is -0.0233. The zero-order valence-corrected chi connectivity index (χ0v) is 38.7. The number of aliphatic hydroxyl groups is 2. The van der Waals surface area contributed by atoms with E-state index < -0.39 is 12.1 Å². The second-order valence-corrected chi connectivity index (χ2v) is 18.3. The maximum atomic E-state index is 12.5. The quantitative estimate of drug-likeness (QED) is 0.0538. The third kappa shape index (κ3) is 44.5. The van der Waals surface area contributed by atoms with E-state index in [-0.39, 0.29) is 12.5 Å². The Morgan fingerprint density at radius 2 is 0.571 bits per heavy atom. The van der Waals surface area contributed by atoms with Gasteiger partial charge >= 0.3 is 0 Å². The number of carbonyl (C=O) groups excluding carboxylic acids is 1. The van der Waals surface area contributed by atoms with Crippen molar-refractivity contribution in [2.45, 2.75) is 321 Å². The largest absolute Gasteiger partial charge is 0.394 e. The molecule has 3 N–H and O–H groups in total. The molecule has 0 aliphatic rings. The first-order valence-electron chi connectivity index (χ1n) is 26.2. The average molecular weight is 792 g/mol. The molecule has 0 aromatic heterocycles. The maximum absolute atomic E-state index is 12.5. The van der Waals surface area contributed by atoms with Gasteiger partial charge in [-0.1, -0.05) is 290 Å². The van der Waals surface area contributed by atoms with Crippen LogP contribution < -0.4 is 5.32 Å². The van der Waals surface area contributed by atoms with Crippen LogP contribution in [-0.4, -0.2) is 34.9 Å². The Morgan fingerprint density at radius 1 is 0.357 bits per heavy atom. The summed E-state index contributed by atoms with van der Waals surface area (Å²) in [7, 11) is 0. The van der Waals surface area contributed by atoms with E-state index in [4.69, 9.17) is 0 Å². The standard InChI is InChI=1S/C52H105NO3/c1-3-5-7-9-11-13-15-17-19-21-22-23-24-25-26-27-28-29-30-31-32-34-36-38-40-42-44-46-48-52(56)53-50(49-54)51(55)47-45-43-41-39-37-35-33-20-18-16-14-12-10-8-6-4-2/h50-51,54-55H,3-49H2,1-2H3,(H,53,56). The van der Waals surface area contributed by atoms with Gasteiger partial charge in [0.25, 0.3) is 0 Å². The van der Waals surface area contributed by atoms with Crippen LogP contribution in [0.4, 0.5) is 0 Å². The van der Waals surface area contributed by atoms with Crippen LogP contribution in [0, 0.1) is 0 Å². The Kier molecular flexibility index (Phi) is 48.2. The molecule has 0 bridgehead atoms. The van der Waals surface area contributed by atoms with Gasteiger partial charge in [-0.3, -0.25) is 4.79 Å². The summed E-state index contributed by atoms with van der Waals surface area (Å²) >= 11 is 0. The van der Waals surface area contributed by atoms with E-state index in [1.54, 1.807) is 0 Å². The number of amides is 1. The van der Waals surface area contributed by atoms with E-state index in [0.717, 1.165) is 25.7 Å². The minimum atomic E-state index is -0.653. The average Bonchev–Trinajstić information content (AvgIpc) is 3.20. The van der Waals surface area contributed by atoms with Crippen LogP contribution in [0.3, 0.4) is 0 Å². The minimum absolute atomic E-state index is 0.0233. The van der Waals surface area contributed by atoms with Gasteiger partial charge in [-0.05, 0) is 12.8 Å². The van der Waals surface area contributed by atoms with Crippen molar-refractivity contribution in [2.24, 2.45) is 0 Å². The molecule has 0 aliphatic heterocycles. The van der Waals surface area contributed by atoms with E-state index >= 15 is 0 Å². The number of hydrogen-bond donors (Lipinski definition) is 3. The van der Waals surface area contributed by atoms with E-state index in [1.165, 1.54) is 257 Å². The smallest absolute Gasteiger partial charge is 0.220 e. The molecule has 0 heterocycles. The number of rotatable bonds is 49. The molecule has 0 radical (unpaired) electrons. The lowest BCUT2D eigenvalue weighted by Gasteiger charge is -2.22. The first kappa shape index (κ1) is 55.4. The first-order valence-corrected chi connectivity index (χ1v) is 26.2. The minimum Gasteiger partial charge on any atom is -0.394 e. The van der Waals surface area contributed by atoms with Crippen molar-refractivity contribution >= 4 is 5.91 Å². The molecule has 0 saturated heterocycles. The molecule has 0 fully saturated rings. The summed E-state index contributed by atoms with van der Waals surface area (Å²) < 4.78 is 0. The van der Waals surface area contributed by atoms with Gasteiger partial charge in [-0.25, -0.2) is 0 Å². The molecule has 4 heteroatoms. The van der Waals surface area contributed by atoms with Crippen molar-refractivity contribution in [1.82, 2.24) is 5.32 Å². The lowest BCUT2D eigenvalue weighted by atomic mass is 10.0. The highest BCUT2D eigenvalue weighted by molar-refractivity contribution is 5.76. The molecular formula is C52H105NO3. The second-order valence-electron chi connectivity index (χ2n) is 18.3. The number of unbranched alkanes of at least 4 members (excludes halogenated alkanes) is 42. The molecule has 2 unspecified atom stereocenters. The van der Waals surface area contributed by atoms with E-state index in [1.807, 2.05) is 0 Å². The molecule has 0 rings (SSSR count). The number of nitrogens with one attached hydrogen (secondary N) is 1. The molecule has 336 valence electrons. The lowest BCUT2D eigenvalue weighted by molar-refractivity contribution is -0.123. The summed E-state index contributed by atoms with van der Waals surface area (Å²) in [6, 6.07) is -0.530. The molecule has 0 aliphatic carbocycles. The molecular weight excluding hydrogens is 687 g/mol. The Balaban J connectivity index is 3.39. The van der Waals surface area contributed by atoms with Gasteiger partial charge in [0.2, 0.25) is 5.91 Å². The van der Waals surface area contributed by atoms with Gasteiger partial charge in [-0.2, -0.15) is 0 Å². The number of carbonyl (C=O) groups is 1. The predicted octanol–water partition coefficient (Wildman–Crippen LogP) is 16.8. The first-order chi connectivity index (χ1) is 27.7. The van der Waals surface area contributed by atoms with Gasteiger partial charge in [0.05, 0.1) is 18.8 Å². The SMILES string of the molecule is CCCCCCCCCCCCCCCCCCCCCCCCCCCCCCC(=O)NC(CO)C(O)CCCCCCCCCCCCCCCCCC. The molecule has 2 atom stereocenters. The molecule has 0 spiro atoms. The monoisotopic (exact) mass is 792 g/mol. The normalized spacial score (nSPS) is 12.7. The molecule has 4 nitrogen and oxygen atoms in total. The van der Waals surface area contributed by atoms with Crippen molar-refractivity contribution in [2.75, 3.05) is 6.61 Å². The van der Waals surface area contributed by atoms with Crippen LogP contribution in [0.25, 0.3) is 0 Å². The van der Waals surface area contributed by atoms with Crippen LogP contribution in [0.2, 0.25) is 0 Å². The van der Waals surface area contributed by atoms with Crippen LogP contribution in [0.15, 0.2) is 0 Å². The maximum Gasteiger partial charge on any atom is 0.220 e. The molecule has 0 aromatic rings. The van der Waals surface area contributed by atoms with Crippen LogP contribution in [0.5, 0.6) is 0 Å². The number of hydrogen-bond acceptors (Lipinski definition) is 3. The third-order valence-corrected chi connectivity index (χ3v) is 12.6. The Labute approximate surface area is 353 Å². The van der Waals surface area contributed by atoms with Gasteiger partial charge in [0.1, 0.15) is 0 Å². The summed E-state index contributed by atoms with van der Waals surface area (Å²) in [5.41, 5.74) is 0. The van der Waals surface area contributed by atoms with Crippen LogP contribution in [0.1, 0.15) is 309 Å². The predicted molar refractivity (Wildman–Crippen MR) is 249 cm³/mol. The van der Waals surface area contributed by atoms with Crippen molar-refractivity contribution in [1.29, 1.82) is 0 Å². The van der Waals surface area contributed by atoms with E-state index in [9.17, 15) is 15.0 Å². The van der Waals surface area contributed by atoms with Gasteiger partial charge in [-0.15, -0.1) is 0 Å². The Morgan fingerprint density at radius 3 is 0.804 bits per heavy atom. The Bertz CT molecular complexity index is 729. The fraction of sp³-hybridized carbons (Fsp3) is 0.981. The second kappa shape index (κ2) is 48.8. The molecule has 0 aromatic carbocycles. The topological polar surface area (TPSA) is 69.6 Å². The zero-order chi connectivity index (χ0) is 40.7. The fourth-order valence-corrected chi connectivity index (χ4v) is 8.60. The van der Waals surface area contributed by atoms with Crippen molar-refractivity contribution in [3.05, 3.63) is 0 Å². The summed E-state index contributed by atoms with van der Waals surface area (Å²) in [6.07, 6.45) is 60.8. The summed E-state index contributed by atoms with van der Waals surface area (Å²) in [4.78, 5) is 12.5. The highest BCUT2D eigenvalue weighted by Crippen LogP contribution is 2.18. The third-order valence-electron chi connectivity index (χ3n) is 12.6. The highest BCUT2D eigenvalue weighted by Gasteiger charge is 2.20. The molecule has 0 saturated carbocycles. The lowest BCUT2D eigenvalue weighted by Crippen LogP contribution is -2.45. The van der Waals surface area contributed by atoms with Crippen LogP contribution >= 0.6 is 0 Å². The number of aliphatic hydroxyl groups excluding tert-OH is 2. The van der Waals surface area contributed by atoms with Crippen molar-refractivity contribution in [3.63, 3.8) is 0 Å². The highest BCUT2D eigenvalue weighted by atomic mass is 16.3. The van der Waals surface area contributed by atoms with Crippen LogP contribution in [-0.2, 0) is 4.79 Å². The van der Waals surface area contributed by atoms with Crippen molar-refractivity contribution < 1.29 is 15.0 Å². The molecule has 56 heavy (non-hydrogen) atoms. The van der Waals surface area contributed by atoms with Crippen molar-refractivity contribution in [3.8, 4) is 0 Å². The fourth-order valence-electron chi connectivity index (χ4n) is 8.60. The summed E-state index contributed by atoms with van der Waals surface area (Å²) in [5, 5.41) is 23.3. The van der Waals surface area contributed by atoms with Gasteiger partial charge < -0.3 is 15.5 Å². The van der Waals surface area contributed by atoms with Gasteiger partial charge in [0.15, 0.2) is 0 Å². The molecule has 1 amide bonds. The van der Waals surface area contributed by atoms with E-state index in [0.29, 0.717) is 12.8 Å². The zero-order valence-electron chi connectivity index (χ0n) is 38.7. The van der Waals surface area contributed by atoms with E-state index in [2.05, 4.69) is 19.2 Å².